The minimum Gasteiger partial charge on any atom is -0.491 e. The number of rotatable bonds is 5. The Labute approximate surface area is 114 Å². The summed E-state index contributed by atoms with van der Waals surface area (Å²) >= 11 is 0. The van der Waals surface area contributed by atoms with Gasteiger partial charge in [0.25, 0.3) is 0 Å². The van der Waals surface area contributed by atoms with Gasteiger partial charge in [-0.15, -0.1) is 0 Å². The summed E-state index contributed by atoms with van der Waals surface area (Å²) < 4.78 is 7.89. The maximum Gasteiger partial charge on any atom is 0.122 e. The smallest absolute Gasteiger partial charge is 0.122 e. The molecular formula is C15H21N3O. The zero-order valence-corrected chi connectivity index (χ0v) is 11.8. The van der Waals surface area contributed by atoms with Crippen LogP contribution in [0.15, 0.2) is 30.6 Å². The Morgan fingerprint density at radius 1 is 1.37 bits per heavy atom. The first-order valence-corrected chi connectivity index (χ1v) is 6.54. The van der Waals surface area contributed by atoms with Crippen molar-refractivity contribution < 1.29 is 4.74 Å². The largest absolute Gasteiger partial charge is 0.491 e. The fourth-order valence-electron chi connectivity index (χ4n) is 2.01. The molecule has 1 aromatic carbocycles. The van der Waals surface area contributed by atoms with Crippen molar-refractivity contribution in [2.75, 3.05) is 6.61 Å². The third-order valence-electron chi connectivity index (χ3n) is 3.24. The summed E-state index contributed by atoms with van der Waals surface area (Å²) in [6, 6.07) is 6.16. The lowest BCUT2D eigenvalue weighted by Crippen LogP contribution is -2.10. The average Bonchev–Trinajstić information content (AvgIpc) is 2.77. The van der Waals surface area contributed by atoms with Gasteiger partial charge < -0.3 is 15.0 Å². The predicted molar refractivity (Wildman–Crippen MR) is 76.2 cm³/mol. The zero-order chi connectivity index (χ0) is 13.8. The van der Waals surface area contributed by atoms with E-state index in [0.29, 0.717) is 6.61 Å². The first kappa shape index (κ1) is 13.6. The fourth-order valence-corrected chi connectivity index (χ4v) is 2.01. The van der Waals surface area contributed by atoms with Gasteiger partial charge in [0.1, 0.15) is 18.2 Å². The lowest BCUT2D eigenvalue weighted by Gasteiger charge is -2.13. The SMILES string of the molecule is Cc1cc([C@@H](C)N)ccc1OCCn1ccnc1C. The van der Waals surface area contributed by atoms with Gasteiger partial charge in [-0.2, -0.15) is 0 Å². The molecule has 1 heterocycles. The highest BCUT2D eigenvalue weighted by atomic mass is 16.5. The zero-order valence-electron chi connectivity index (χ0n) is 11.8. The Hall–Kier alpha value is -1.81. The first-order chi connectivity index (χ1) is 9.08. The van der Waals surface area contributed by atoms with Crippen LogP contribution in [0.1, 0.15) is 29.9 Å². The summed E-state index contributed by atoms with van der Waals surface area (Å²) in [5.41, 5.74) is 8.12. The van der Waals surface area contributed by atoms with Crippen molar-refractivity contribution >= 4 is 0 Å². The molecule has 2 aromatic rings. The molecule has 0 saturated carbocycles. The lowest BCUT2D eigenvalue weighted by molar-refractivity contribution is 0.295. The molecule has 0 spiro atoms. The molecule has 0 saturated heterocycles. The van der Waals surface area contributed by atoms with Crippen molar-refractivity contribution in [2.45, 2.75) is 33.4 Å². The van der Waals surface area contributed by atoms with E-state index in [1.807, 2.05) is 39.1 Å². The van der Waals surface area contributed by atoms with Crippen molar-refractivity contribution in [2.24, 2.45) is 5.73 Å². The maximum atomic E-state index is 5.86. The van der Waals surface area contributed by atoms with Crippen LogP contribution >= 0.6 is 0 Å². The minimum absolute atomic E-state index is 0.0568. The second-order valence-corrected chi connectivity index (χ2v) is 4.83. The number of nitrogens with two attached hydrogens (primary N) is 1. The van der Waals surface area contributed by atoms with Crippen LogP contribution in [-0.4, -0.2) is 16.2 Å². The monoisotopic (exact) mass is 259 g/mol. The van der Waals surface area contributed by atoms with Gasteiger partial charge >= 0.3 is 0 Å². The second-order valence-electron chi connectivity index (χ2n) is 4.83. The van der Waals surface area contributed by atoms with Gasteiger partial charge in [0.15, 0.2) is 0 Å². The van der Waals surface area contributed by atoms with E-state index >= 15 is 0 Å². The Morgan fingerprint density at radius 2 is 2.16 bits per heavy atom. The molecule has 0 bridgehead atoms. The first-order valence-electron chi connectivity index (χ1n) is 6.54. The number of aryl methyl sites for hydroxylation is 2. The Balaban J connectivity index is 1.95. The molecule has 0 radical (unpaired) electrons. The van der Waals surface area contributed by atoms with Crippen LogP contribution in [0.2, 0.25) is 0 Å². The standard InChI is InChI=1S/C15H21N3O/c1-11-10-14(12(2)16)4-5-15(11)19-9-8-18-7-6-17-13(18)3/h4-7,10,12H,8-9,16H2,1-3H3/t12-/m1/s1. The minimum atomic E-state index is 0.0568. The van der Waals surface area contributed by atoms with Crippen LogP contribution in [0.5, 0.6) is 5.75 Å². The summed E-state index contributed by atoms with van der Waals surface area (Å²) in [7, 11) is 0. The molecule has 0 aliphatic rings. The van der Waals surface area contributed by atoms with E-state index in [-0.39, 0.29) is 6.04 Å². The van der Waals surface area contributed by atoms with Gasteiger partial charge in [-0.05, 0) is 38.0 Å². The van der Waals surface area contributed by atoms with E-state index in [1.165, 1.54) is 0 Å². The van der Waals surface area contributed by atoms with E-state index in [2.05, 4.69) is 15.6 Å². The van der Waals surface area contributed by atoms with E-state index in [0.717, 1.165) is 29.2 Å². The molecule has 2 rings (SSSR count). The second kappa shape index (κ2) is 5.89. The normalized spacial score (nSPS) is 12.4. The van der Waals surface area contributed by atoms with Crippen LogP contribution < -0.4 is 10.5 Å². The van der Waals surface area contributed by atoms with Gasteiger partial charge in [-0.3, -0.25) is 0 Å². The molecule has 0 amide bonds. The topological polar surface area (TPSA) is 53.1 Å². The van der Waals surface area contributed by atoms with Gasteiger partial charge in [0.05, 0.1) is 6.54 Å². The lowest BCUT2D eigenvalue weighted by atomic mass is 10.1. The summed E-state index contributed by atoms with van der Waals surface area (Å²) in [5, 5.41) is 0. The van der Waals surface area contributed by atoms with Crippen molar-refractivity contribution in [3.63, 3.8) is 0 Å². The van der Waals surface area contributed by atoms with Crippen LogP contribution in [0, 0.1) is 13.8 Å². The predicted octanol–water partition coefficient (Wildman–Crippen LogP) is 2.60. The Kier molecular flexibility index (Phi) is 4.22. The number of nitrogens with zero attached hydrogens (tertiary/aromatic N) is 2. The van der Waals surface area contributed by atoms with Gasteiger partial charge in [-0.1, -0.05) is 12.1 Å². The molecule has 0 aliphatic heterocycles. The maximum absolute atomic E-state index is 5.86. The van der Waals surface area contributed by atoms with Crippen LogP contribution in [0.3, 0.4) is 0 Å². The molecule has 4 nitrogen and oxygen atoms in total. The number of ether oxygens (including phenoxy) is 1. The van der Waals surface area contributed by atoms with Crippen LogP contribution in [0.25, 0.3) is 0 Å². The van der Waals surface area contributed by atoms with E-state index in [1.54, 1.807) is 6.20 Å². The fraction of sp³-hybridized carbons (Fsp3) is 0.400. The quantitative estimate of drug-likeness (QED) is 0.898. The molecule has 102 valence electrons. The molecule has 0 fully saturated rings. The molecular weight excluding hydrogens is 238 g/mol. The summed E-state index contributed by atoms with van der Waals surface area (Å²) in [5.74, 6) is 1.93. The van der Waals surface area contributed by atoms with E-state index in [9.17, 15) is 0 Å². The number of aromatic nitrogens is 2. The third kappa shape index (κ3) is 3.35. The van der Waals surface area contributed by atoms with Crippen LogP contribution in [-0.2, 0) is 6.54 Å². The van der Waals surface area contributed by atoms with Gasteiger partial charge in [0, 0.05) is 18.4 Å². The summed E-state index contributed by atoms with van der Waals surface area (Å²) in [6.45, 7) is 7.46. The molecule has 1 aromatic heterocycles. The average molecular weight is 259 g/mol. The number of hydrogen-bond donors (Lipinski definition) is 1. The van der Waals surface area contributed by atoms with Crippen molar-refractivity contribution in [1.82, 2.24) is 9.55 Å². The van der Waals surface area contributed by atoms with Crippen molar-refractivity contribution in [3.8, 4) is 5.75 Å². The summed E-state index contributed by atoms with van der Waals surface area (Å²) in [4.78, 5) is 4.18. The van der Waals surface area contributed by atoms with Gasteiger partial charge in [0.2, 0.25) is 0 Å². The molecule has 1 atom stereocenters. The number of hydrogen-bond acceptors (Lipinski definition) is 3. The van der Waals surface area contributed by atoms with E-state index < -0.39 is 0 Å². The van der Waals surface area contributed by atoms with Crippen molar-refractivity contribution in [3.05, 3.63) is 47.5 Å². The van der Waals surface area contributed by atoms with Crippen LogP contribution in [0.4, 0.5) is 0 Å². The molecule has 2 N–H and O–H groups in total. The number of benzene rings is 1. The Morgan fingerprint density at radius 3 is 2.74 bits per heavy atom. The highest BCUT2D eigenvalue weighted by Crippen LogP contribution is 2.21. The van der Waals surface area contributed by atoms with Gasteiger partial charge in [-0.25, -0.2) is 4.98 Å². The number of imidazole rings is 1. The molecule has 0 unspecified atom stereocenters. The summed E-state index contributed by atoms with van der Waals surface area (Å²) in [6.07, 6.45) is 3.77. The van der Waals surface area contributed by atoms with E-state index in [4.69, 9.17) is 10.5 Å². The highest BCUT2D eigenvalue weighted by Gasteiger charge is 2.04. The molecule has 4 heteroatoms. The highest BCUT2D eigenvalue weighted by molar-refractivity contribution is 5.37. The molecule has 19 heavy (non-hydrogen) atoms. The third-order valence-corrected chi connectivity index (χ3v) is 3.24. The van der Waals surface area contributed by atoms with Crippen molar-refractivity contribution in [1.29, 1.82) is 0 Å². The Bertz CT molecular complexity index is 546. The molecule has 0 aliphatic carbocycles.